The van der Waals surface area contributed by atoms with Crippen LogP contribution in [-0.2, 0) is 25.5 Å². The first-order valence-corrected chi connectivity index (χ1v) is 8.27. The van der Waals surface area contributed by atoms with Crippen LogP contribution in [0.1, 0.15) is 5.56 Å². The van der Waals surface area contributed by atoms with Gasteiger partial charge in [0.15, 0.2) is 0 Å². The van der Waals surface area contributed by atoms with Crippen molar-refractivity contribution < 1.29 is 17.3 Å². The number of rotatable bonds is 7. The zero-order valence-corrected chi connectivity index (χ0v) is 12.2. The van der Waals surface area contributed by atoms with Crippen molar-refractivity contribution in [2.45, 2.75) is 6.42 Å². The second-order valence-corrected chi connectivity index (χ2v) is 6.17. The van der Waals surface area contributed by atoms with E-state index in [1.807, 2.05) is 18.2 Å². The predicted molar refractivity (Wildman–Crippen MR) is 79.3 cm³/mol. The molecule has 2 aromatic carbocycles. The molecule has 0 N–H and O–H groups in total. The van der Waals surface area contributed by atoms with Crippen molar-refractivity contribution in [3.63, 3.8) is 0 Å². The molecule has 0 bridgehead atoms. The van der Waals surface area contributed by atoms with Gasteiger partial charge in [-0.3, -0.25) is 4.18 Å². The van der Waals surface area contributed by atoms with E-state index in [4.69, 9.17) is 4.74 Å². The van der Waals surface area contributed by atoms with Crippen LogP contribution in [0.2, 0.25) is 0 Å². The summed E-state index contributed by atoms with van der Waals surface area (Å²) in [5.74, 6) is 0. The van der Waals surface area contributed by atoms with Gasteiger partial charge in [-0.2, -0.15) is 8.42 Å². The second-order valence-electron chi connectivity index (χ2n) is 4.53. The van der Waals surface area contributed by atoms with E-state index in [9.17, 15) is 8.42 Å². The fourth-order valence-corrected chi connectivity index (χ4v) is 2.41. The van der Waals surface area contributed by atoms with Crippen LogP contribution in [0.3, 0.4) is 0 Å². The van der Waals surface area contributed by atoms with E-state index in [2.05, 4.69) is 28.4 Å². The maximum atomic E-state index is 10.8. The van der Waals surface area contributed by atoms with Crippen molar-refractivity contribution in [2.75, 3.05) is 26.1 Å². The van der Waals surface area contributed by atoms with Gasteiger partial charge in [-0.15, -0.1) is 0 Å². The van der Waals surface area contributed by atoms with Gasteiger partial charge in [0.2, 0.25) is 0 Å². The Kier molecular flexibility index (Phi) is 5.11. The average Bonchev–Trinajstić information content (AvgIpc) is 2.41. The molecular formula is C15H18O4S. The van der Waals surface area contributed by atoms with Crippen molar-refractivity contribution in [3.05, 3.63) is 48.0 Å². The van der Waals surface area contributed by atoms with Crippen LogP contribution in [0.25, 0.3) is 10.8 Å². The van der Waals surface area contributed by atoms with Gasteiger partial charge in [-0.05, 0) is 22.8 Å². The summed E-state index contributed by atoms with van der Waals surface area (Å²) in [5.41, 5.74) is 1.23. The first-order chi connectivity index (χ1) is 9.56. The van der Waals surface area contributed by atoms with E-state index in [-0.39, 0.29) is 13.2 Å². The summed E-state index contributed by atoms with van der Waals surface area (Å²) < 4.78 is 31.5. The average molecular weight is 294 g/mol. The molecule has 0 aliphatic rings. The minimum Gasteiger partial charge on any atom is -0.379 e. The highest BCUT2D eigenvalue weighted by Crippen LogP contribution is 2.18. The normalized spacial score (nSPS) is 11.8. The minimum atomic E-state index is -3.37. The maximum absolute atomic E-state index is 10.8. The van der Waals surface area contributed by atoms with Gasteiger partial charge in [0.25, 0.3) is 10.1 Å². The summed E-state index contributed by atoms with van der Waals surface area (Å²) in [6.07, 6.45) is 1.82. The van der Waals surface area contributed by atoms with Gasteiger partial charge < -0.3 is 4.74 Å². The molecule has 20 heavy (non-hydrogen) atoms. The van der Waals surface area contributed by atoms with Crippen LogP contribution in [0.5, 0.6) is 0 Å². The molecule has 0 aliphatic carbocycles. The molecule has 0 aliphatic heterocycles. The molecule has 5 heteroatoms. The molecular weight excluding hydrogens is 276 g/mol. The Labute approximate surface area is 119 Å². The zero-order chi connectivity index (χ0) is 14.4. The molecule has 0 heterocycles. The van der Waals surface area contributed by atoms with Crippen LogP contribution < -0.4 is 0 Å². The Balaban J connectivity index is 1.82. The molecule has 108 valence electrons. The number of hydrogen-bond donors (Lipinski definition) is 0. The van der Waals surface area contributed by atoms with Crippen LogP contribution in [-0.4, -0.2) is 34.5 Å². The molecule has 2 rings (SSSR count). The standard InChI is InChI=1S/C15H18O4S/c1-20(16,17)19-12-11-18-10-9-14-7-4-6-13-5-2-3-8-15(13)14/h2-8H,9-12H2,1H3. The van der Waals surface area contributed by atoms with E-state index in [1.54, 1.807) is 0 Å². The number of benzene rings is 2. The van der Waals surface area contributed by atoms with Gasteiger partial charge in [-0.25, -0.2) is 0 Å². The third kappa shape index (κ3) is 4.59. The number of fused-ring (bicyclic) bond motifs is 1. The van der Waals surface area contributed by atoms with Crippen LogP contribution >= 0.6 is 0 Å². The maximum Gasteiger partial charge on any atom is 0.264 e. The van der Waals surface area contributed by atoms with Crippen molar-refractivity contribution in [1.82, 2.24) is 0 Å². The Hall–Kier alpha value is -1.43. The highest BCUT2D eigenvalue weighted by molar-refractivity contribution is 7.85. The fourth-order valence-electron chi connectivity index (χ4n) is 2.04. The molecule has 0 atom stereocenters. The Morgan fingerprint density at radius 2 is 1.70 bits per heavy atom. The molecule has 4 nitrogen and oxygen atoms in total. The van der Waals surface area contributed by atoms with Gasteiger partial charge >= 0.3 is 0 Å². The summed E-state index contributed by atoms with van der Waals surface area (Å²) in [6.45, 7) is 0.882. The third-order valence-corrected chi connectivity index (χ3v) is 3.52. The lowest BCUT2D eigenvalue weighted by molar-refractivity contribution is 0.105. The molecule has 0 fully saturated rings. The topological polar surface area (TPSA) is 52.6 Å². The molecule has 0 radical (unpaired) electrons. The van der Waals surface area contributed by atoms with Crippen LogP contribution in [0.15, 0.2) is 42.5 Å². The highest BCUT2D eigenvalue weighted by atomic mass is 32.2. The van der Waals surface area contributed by atoms with E-state index in [1.165, 1.54) is 16.3 Å². The van der Waals surface area contributed by atoms with E-state index >= 15 is 0 Å². The predicted octanol–water partition coefficient (Wildman–Crippen LogP) is 2.38. The second kappa shape index (κ2) is 6.83. The zero-order valence-electron chi connectivity index (χ0n) is 11.4. The summed E-state index contributed by atoms with van der Waals surface area (Å²) in [7, 11) is -3.37. The SMILES string of the molecule is CS(=O)(=O)OCCOCCc1cccc2ccccc12. The van der Waals surface area contributed by atoms with Crippen molar-refractivity contribution >= 4 is 20.9 Å². The molecule has 0 saturated heterocycles. The summed E-state index contributed by atoms with van der Waals surface area (Å²) >= 11 is 0. The quantitative estimate of drug-likeness (QED) is 0.581. The Morgan fingerprint density at radius 3 is 2.50 bits per heavy atom. The van der Waals surface area contributed by atoms with Gasteiger partial charge in [0.05, 0.1) is 26.1 Å². The monoisotopic (exact) mass is 294 g/mol. The molecule has 0 unspecified atom stereocenters. The smallest absolute Gasteiger partial charge is 0.264 e. The van der Waals surface area contributed by atoms with Crippen LogP contribution in [0.4, 0.5) is 0 Å². The highest BCUT2D eigenvalue weighted by Gasteiger charge is 2.02. The van der Waals surface area contributed by atoms with Crippen molar-refractivity contribution in [2.24, 2.45) is 0 Å². The summed E-state index contributed by atoms with van der Waals surface area (Å²) in [4.78, 5) is 0. The first kappa shape index (κ1) is 15.0. The van der Waals surface area contributed by atoms with Gasteiger partial charge in [0, 0.05) is 0 Å². The summed E-state index contributed by atoms with van der Waals surface area (Å²) in [5, 5.41) is 2.44. The third-order valence-electron chi connectivity index (χ3n) is 2.92. The van der Waals surface area contributed by atoms with E-state index in [0.717, 1.165) is 12.7 Å². The Bertz CT molecular complexity index is 659. The molecule has 0 saturated carbocycles. The van der Waals surface area contributed by atoms with Crippen molar-refractivity contribution in [3.8, 4) is 0 Å². The lowest BCUT2D eigenvalue weighted by Gasteiger charge is -2.07. The lowest BCUT2D eigenvalue weighted by Crippen LogP contribution is -2.10. The first-order valence-electron chi connectivity index (χ1n) is 6.45. The number of ether oxygens (including phenoxy) is 1. The lowest BCUT2D eigenvalue weighted by atomic mass is 10.0. The largest absolute Gasteiger partial charge is 0.379 e. The Morgan fingerprint density at radius 1 is 0.950 bits per heavy atom. The molecule has 0 amide bonds. The molecule has 0 aromatic heterocycles. The van der Waals surface area contributed by atoms with Crippen molar-refractivity contribution in [1.29, 1.82) is 0 Å². The van der Waals surface area contributed by atoms with E-state index in [0.29, 0.717) is 6.61 Å². The number of hydrogen-bond acceptors (Lipinski definition) is 4. The summed E-state index contributed by atoms with van der Waals surface area (Å²) in [6, 6.07) is 14.4. The molecule has 0 spiro atoms. The molecule has 2 aromatic rings. The fraction of sp³-hybridized carbons (Fsp3) is 0.333. The van der Waals surface area contributed by atoms with Gasteiger partial charge in [-0.1, -0.05) is 42.5 Å². The van der Waals surface area contributed by atoms with Gasteiger partial charge in [0.1, 0.15) is 0 Å². The van der Waals surface area contributed by atoms with E-state index < -0.39 is 10.1 Å². The van der Waals surface area contributed by atoms with Crippen LogP contribution in [0, 0.1) is 0 Å². The minimum absolute atomic E-state index is 0.0639.